The van der Waals surface area contributed by atoms with Crippen molar-refractivity contribution in [2.24, 2.45) is 0 Å². The maximum atomic E-state index is 11.4. The van der Waals surface area contributed by atoms with Crippen molar-refractivity contribution in [3.05, 3.63) is 12.4 Å². The Kier molecular flexibility index (Phi) is 3.45. The van der Waals surface area contributed by atoms with Crippen molar-refractivity contribution >= 4 is 12.0 Å². The molecule has 1 heterocycles. The smallest absolute Gasteiger partial charge is 0.329 e. The molecule has 1 aromatic heterocycles. The molecule has 18 heavy (non-hydrogen) atoms. The van der Waals surface area contributed by atoms with E-state index in [4.69, 9.17) is 5.11 Å². The van der Waals surface area contributed by atoms with Crippen LogP contribution >= 0.6 is 0 Å². The molecule has 8 nitrogen and oxygen atoms in total. The van der Waals surface area contributed by atoms with Crippen LogP contribution in [0.2, 0.25) is 0 Å². The number of aromatic nitrogens is 3. The summed E-state index contributed by atoms with van der Waals surface area (Å²) in [5.74, 6) is -0.972. The number of nitrogens with one attached hydrogen (secondary N) is 2. The lowest BCUT2D eigenvalue weighted by Crippen LogP contribution is -2.48. The van der Waals surface area contributed by atoms with E-state index in [1.54, 1.807) is 17.1 Å². The highest BCUT2D eigenvalue weighted by Crippen LogP contribution is 2.35. The van der Waals surface area contributed by atoms with E-state index in [9.17, 15) is 9.59 Å². The molecule has 8 heteroatoms. The number of urea groups is 1. The Balaban J connectivity index is 1.62. The fourth-order valence-electron chi connectivity index (χ4n) is 1.57. The number of amides is 2. The fraction of sp³-hybridized carbons (Fsp3) is 0.600. The summed E-state index contributed by atoms with van der Waals surface area (Å²) in [5.41, 5.74) is -1.03. The Hall–Kier alpha value is -2.12. The summed E-state index contributed by atoms with van der Waals surface area (Å²) in [6.45, 7) is 1.12. The molecule has 1 aliphatic carbocycles. The number of carbonyl (C=O) groups is 2. The van der Waals surface area contributed by atoms with E-state index in [-0.39, 0.29) is 0 Å². The molecule has 1 aromatic rings. The van der Waals surface area contributed by atoms with Gasteiger partial charge in [0, 0.05) is 19.3 Å². The number of hydrogen-bond acceptors (Lipinski definition) is 4. The average molecular weight is 253 g/mol. The number of nitrogens with zero attached hydrogens (tertiary/aromatic N) is 3. The number of carboxylic acid groups (broad SMARTS) is 1. The third kappa shape index (κ3) is 2.96. The molecule has 0 atom stereocenters. The molecular formula is C10H15N5O3. The Morgan fingerprint density at radius 2 is 2.22 bits per heavy atom. The van der Waals surface area contributed by atoms with Gasteiger partial charge in [0.15, 0.2) is 0 Å². The highest BCUT2D eigenvalue weighted by Gasteiger charge is 2.51. The van der Waals surface area contributed by atoms with Gasteiger partial charge in [0.1, 0.15) is 5.54 Å². The van der Waals surface area contributed by atoms with E-state index in [1.807, 2.05) is 0 Å². The van der Waals surface area contributed by atoms with Gasteiger partial charge < -0.3 is 15.7 Å². The molecule has 3 N–H and O–H groups in total. The third-order valence-electron chi connectivity index (χ3n) is 2.83. The van der Waals surface area contributed by atoms with E-state index in [0.717, 1.165) is 0 Å². The summed E-state index contributed by atoms with van der Waals surface area (Å²) < 4.78 is 1.67. The maximum Gasteiger partial charge on any atom is 0.329 e. The van der Waals surface area contributed by atoms with Crippen LogP contribution in [0.4, 0.5) is 4.79 Å². The van der Waals surface area contributed by atoms with Crippen molar-refractivity contribution in [2.45, 2.75) is 31.3 Å². The van der Waals surface area contributed by atoms with Gasteiger partial charge >= 0.3 is 12.0 Å². The highest BCUT2D eigenvalue weighted by atomic mass is 16.4. The molecule has 2 amide bonds. The van der Waals surface area contributed by atoms with Crippen LogP contribution < -0.4 is 10.6 Å². The van der Waals surface area contributed by atoms with Crippen molar-refractivity contribution in [3.63, 3.8) is 0 Å². The zero-order chi connectivity index (χ0) is 13.0. The van der Waals surface area contributed by atoms with E-state index in [2.05, 4.69) is 20.9 Å². The molecule has 0 aliphatic heterocycles. The third-order valence-corrected chi connectivity index (χ3v) is 2.83. The molecule has 0 aromatic carbocycles. The lowest BCUT2D eigenvalue weighted by molar-refractivity contribution is -0.140. The van der Waals surface area contributed by atoms with Crippen LogP contribution in [0.3, 0.4) is 0 Å². The number of hydrogen-bond donors (Lipinski definition) is 3. The number of aliphatic carboxylic acids is 1. The molecule has 0 spiro atoms. The van der Waals surface area contributed by atoms with Gasteiger partial charge in [0.2, 0.25) is 0 Å². The van der Waals surface area contributed by atoms with Crippen LogP contribution in [0.15, 0.2) is 12.4 Å². The minimum atomic E-state index is -1.03. The molecule has 98 valence electrons. The fourth-order valence-corrected chi connectivity index (χ4v) is 1.57. The van der Waals surface area contributed by atoms with Crippen LogP contribution in [0.1, 0.15) is 19.3 Å². The molecular weight excluding hydrogens is 238 g/mol. The van der Waals surface area contributed by atoms with E-state index >= 15 is 0 Å². The summed E-state index contributed by atoms with van der Waals surface area (Å²) in [4.78, 5) is 22.3. The Morgan fingerprint density at radius 1 is 1.44 bits per heavy atom. The number of rotatable bonds is 6. The minimum Gasteiger partial charge on any atom is -0.480 e. The Morgan fingerprint density at radius 3 is 2.78 bits per heavy atom. The van der Waals surface area contributed by atoms with Gasteiger partial charge in [-0.05, 0) is 19.3 Å². The van der Waals surface area contributed by atoms with Gasteiger partial charge in [0.25, 0.3) is 0 Å². The van der Waals surface area contributed by atoms with Gasteiger partial charge in [-0.3, -0.25) is 4.68 Å². The van der Waals surface area contributed by atoms with Crippen molar-refractivity contribution < 1.29 is 14.7 Å². The average Bonchev–Trinajstić information content (AvgIpc) is 2.92. The number of carbonyl (C=O) groups excluding carboxylic acids is 1. The summed E-state index contributed by atoms with van der Waals surface area (Å²) in [6, 6.07) is -0.437. The van der Waals surface area contributed by atoms with E-state index < -0.39 is 17.5 Å². The molecule has 0 bridgehead atoms. The van der Waals surface area contributed by atoms with Gasteiger partial charge in [-0.25, -0.2) is 9.59 Å². The predicted octanol–water partition coefficient (Wildman–Crippen LogP) is -0.415. The molecule has 0 saturated heterocycles. The topological polar surface area (TPSA) is 109 Å². The first-order valence-electron chi connectivity index (χ1n) is 5.76. The van der Waals surface area contributed by atoms with Crippen molar-refractivity contribution in [1.29, 1.82) is 0 Å². The molecule has 1 saturated carbocycles. The van der Waals surface area contributed by atoms with Crippen LogP contribution in [0, 0.1) is 0 Å². The molecule has 2 rings (SSSR count). The van der Waals surface area contributed by atoms with E-state index in [1.165, 1.54) is 0 Å². The molecule has 1 aliphatic rings. The Labute approximate surface area is 103 Å². The van der Waals surface area contributed by atoms with Gasteiger partial charge in [-0.1, -0.05) is 5.21 Å². The monoisotopic (exact) mass is 253 g/mol. The maximum absolute atomic E-state index is 11.4. The van der Waals surface area contributed by atoms with E-state index in [0.29, 0.717) is 32.4 Å². The first-order chi connectivity index (χ1) is 8.62. The largest absolute Gasteiger partial charge is 0.480 e. The molecule has 1 fully saturated rings. The highest BCUT2D eigenvalue weighted by molar-refractivity contribution is 5.88. The van der Waals surface area contributed by atoms with Crippen molar-refractivity contribution in [3.8, 4) is 0 Å². The second kappa shape index (κ2) is 5.03. The lowest BCUT2D eigenvalue weighted by Gasteiger charge is -2.13. The van der Waals surface area contributed by atoms with Crippen LogP contribution in [0.25, 0.3) is 0 Å². The summed E-state index contributed by atoms with van der Waals surface area (Å²) >= 11 is 0. The predicted molar refractivity (Wildman–Crippen MR) is 60.8 cm³/mol. The SMILES string of the molecule is O=C(NCCCn1ccnn1)NC1(C(=O)O)CC1. The number of aryl methyl sites for hydroxylation is 1. The summed E-state index contributed by atoms with van der Waals surface area (Å²) in [7, 11) is 0. The zero-order valence-corrected chi connectivity index (χ0v) is 9.80. The summed E-state index contributed by atoms with van der Waals surface area (Å²) in [6.07, 6.45) is 5.02. The quantitative estimate of drug-likeness (QED) is 0.597. The summed E-state index contributed by atoms with van der Waals surface area (Å²) in [5, 5.41) is 21.4. The number of carboxylic acids is 1. The first-order valence-corrected chi connectivity index (χ1v) is 5.76. The normalized spacial score (nSPS) is 16.0. The van der Waals surface area contributed by atoms with Crippen molar-refractivity contribution in [2.75, 3.05) is 6.54 Å². The molecule has 0 radical (unpaired) electrons. The zero-order valence-electron chi connectivity index (χ0n) is 9.80. The molecule has 0 unspecified atom stereocenters. The first kappa shape index (κ1) is 12.3. The van der Waals surface area contributed by atoms with Gasteiger partial charge in [0.05, 0.1) is 6.20 Å². The van der Waals surface area contributed by atoms with Crippen LogP contribution in [0.5, 0.6) is 0 Å². The Bertz CT molecular complexity index is 427. The second-order valence-corrected chi connectivity index (χ2v) is 4.29. The van der Waals surface area contributed by atoms with Gasteiger partial charge in [-0.15, -0.1) is 5.10 Å². The second-order valence-electron chi connectivity index (χ2n) is 4.29. The van der Waals surface area contributed by atoms with Crippen molar-refractivity contribution in [1.82, 2.24) is 25.6 Å². The van der Waals surface area contributed by atoms with Gasteiger partial charge in [-0.2, -0.15) is 0 Å². The van der Waals surface area contributed by atoms with Crippen LogP contribution in [-0.2, 0) is 11.3 Å². The minimum absolute atomic E-state index is 0.437. The van der Waals surface area contributed by atoms with Crippen LogP contribution in [-0.4, -0.2) is 44.2 Å². The standard InChI is InChI=1S/C10H15N5O3/c16-8(17)10(2-3-10)13-9(18)11-4-1-6-15-7-5-12-14-15/h5,7H,1-4,6H2,(H,16,17)(H2,11,13,18). The lowest BCUT2D eigenvalue weighted by atomic mass is 10.3.